The summed E-state index contributed by atoms with van der Waals surface area (Å²) in [6.07, 6.45) is 8.40. The van der Waals surface area contributed by atoms with Crippen molar-refractivity contribution in [1.29, 1.82) is 0 Å². The van der Waals surface area contributed by atoms with E-state index in [0.29, 0.717) is 12.1 Å². The van der Waals surface area contributed by atoms with Crippen molar-refractivity contribution in [2.75, 3.05) is 0 Å². The van der Waals surface area contributed by atoms with Crippen molar-refractivity contribution in [2.24, 2.45) is 0 Å². The highest BCUT2D eigenvalue weighted by Gasteiger charge is 2.25. The Labute approximate surface area is 218 Å². The molecular weight excluding hydrogens is 462 g/mol. The van der Waals surface area contributed by atoms with Crippen molar-refractivity contribution in [1.82, 2.24) is 24.7 Å². The molecule has 0 bridgehead atoms. The molecule has 1 atom stereocenters. The molecule has 1 N–H and O–H groups in total. The van der Waals surface area contributed by atoms with E-state index in [4.69, 9.17) is 9.72 Å². The third kappa shape index (κ3) is 5.17. The van der Waals surface area contributed by atoms with Gasteiger partial charge in [-0.15, -0.1) is 0 Å². The fourth-order valence-corrected chi connectivity index (χ4v) is 5.50. The van der Waals surface area contributed by atoms with E-state index in [1.807, 2.05) is 43.9 Å². The van der Waals surface area contributed by atoms with E-state index in [2.05, 4.69) is 54.0 Å². The van der Waals surface area contributed by atoms with Crippen molar-refractivity contribution in [3.8, 4) is 22.5 Å². The molecule has 4 aromatic rings. The molecule has 3 heterocycles. The zero-order valence-electron chi connectivity index (χ0n) is 22.8. The Balaban J connectivity index is 1.49. The van der Waals surface area contributed by atoms with E-state index in [-0.39, 0.29) is 17.9 Å². The van der Waals surface area contributed by atoms with E-state index in [9.17, 15) is 4.79 Å². The molecule has 1 aliphatic carbocycles. The molecule has 7 nitrogen and oxygen atoms in total. The number of pyridine rings is 1. The van der Waals surface area contributed by atoms with E-state index in [1.165, 1.54) is 11.1 Å². The minimum atomic E-state index is -0.462. The summed E-state index contributed by atoms with van der Waals surface area (Å²) in [4.78, 5) is 25.5. The van der Waals surface area contributed by atoms with Crippen molar-refractivity contribution in [3.05, 3.63) is 53.5 Å². The summed E-state index contributed by atoms with van der Waals surface area (Å²) >= 11 is 0. The Morgan fingerprint density at radius 3 is 2.73 bits per heavy atom. The Bertz CT molecular complexity index is 1440. The maximum Gasteiger partial charge on any atom is 0.306 e. The topological polar surface area (TPSA) is 85.7 Å². The summed E-state index contributed by atoms with van der Waals surface area (Å²) in [6.45, 7) is 12.1. The highest BCUT2D eigenvalue weighted by Crippen LogP contribution is 2.37. The number of aromatic nitrogens is 5. The maximum atomic E-state index is 12.6. The van der Waals surface area contributed by atoms with Gasteiger partial charge in [-0.25, -0.2) is 9.97 Å². The number of H-pyrrole nitrogens is 1. The number of ether oxygens (including phenoxy) is 1. The van der Waals surface area contributed by atoms with Gasteiger partial charge in [0.05, 0.1) is 23.7 Å². The number of hydrogen-bond donors (Lipinski definition) is 1. The Morgan fingerprint density at radius 1 is 1.19 bits per heavy atom. The number of fused-ring (bicyclic) bond motifs is 2. The highest BCUT2D eigenvalue weighted by atomic mass is 16.6. The predicted molar refractivity (Wildman–Crippen MR) is 146 cm³/mol. The van der Waals surface area contributed by atoms with Crippen molar-refractivity contribution < 1.29 is 9.53 Å². The molecule has 7 heteroatoms. The molecule has 194 valence electrons. The number of aromatic amines is 1. The van der Waals surface area contributed by atoms with Crippen LogP contribution in [0.5, 0.6) is 0 Å². The maximum absolute atomic E-state index is 12.6. The molecule has 0 amide bonds. The Morgan fingerprint density at radius 2 is 2.00 bits per heavy atom. The molecule has 1 unspecified atom stereocenters. The quantitative estimate of drug-likeness (QED) is 0.238. The van der Waals surface area contributed by atoms with E-state index in [0.717, 1.165) is 59.4 Å². The summed E-state index contributed by atoms with van der Waals surface area (Å²) in [5.74, 6) is 0.857. The van der Waals surface area contributed by atoms with Gasteiger partial charge in [-0.1, -0.05) is 24.6 Å². The van der Waals surface area contributed by atoms with Crippen molar-refractivity contribution in [3.63, 3.8) is 0 Å². The standard InChI is InChI=1S/C30H37N5O2/c1-18(2)35-19(3)25(17-32-35)28-33-27-24(13-14-31-29(27)34-28)22-11-12-23-20(15-22)9-7-8-10-21(23)16-26(36)37-30(4,5)6/h11-15,17-18,21H,7-10,16H2,1-6H3,(H,31,33,34). The van der Waals surface area contributed by atoms with Crippen LogP contribution in [0.1, 0.15) is 89.1 Å². The molecule has 5 rings (SSSR count). The molecular formula is C30H37N5O2. The van der Waals surface area contributed by atoms with Crippen LogP contribution in [0.15, 0.2) is 36.7 Å². The first-order valence-electron chi connectivity index (χ1n) is 13.3. The summed E-state index contributed by atoms with van der Waals surface area (Å²) < 4.78 is 7.65. The molecule has 1 aliphatic rings. The lowest BCUT2D eigenvalue weighted by molar-refractivity contribution is -0.155. The van der Waals surface area contributed by atoms with E-state index >= 15 is 0 Å². The second-order valence-corrected chi connectivity index (χ2v) is 11.5. The number of hydrogen-bond acceptors (Lipinski definition) is 5. The highest BCUT2D eigenvalue weighted by molar-refractivity contribution is 5.91. The molecule has 37 heavy (non-hydrogen) atoms. The molecule has 0 aliphatic heterocycles. The molecule has 1 aromatic carbocycles. The molecule has 0 saturated carbocycles. The molecule has 3 aromatic heterocycles. The number of rotatable bonds is 5. The van der Waals surface area contributed by atoms with Gasteiger partial charge in [-0.05, 0) is 89.5 Å². The van der Waals surface area contributed by atoms with Crippen LogP contribution in [0.3, 0.4) is 0 Å². The van der Waals surface area contributed by atoms with E-state index in [1.54, 1.807) is 0 Å². The fourth-order valence-electron chi connectivity index (χ4n) is 5.50. The third-order valence-corrected chi connectivity index (χ3v) is 7.16. The molecule has 0 saturated heterocycles. The van der Waals surface area contributed by atoms with Crippen LogP contribution >= 0.6 is 0 Å². The number of imidazole rings is 1. The van der Waals surface area contributed by atoms with Crippen molar-refractivity contribution >= 4 is 17.1 Å². The Kier molecular flexibility index (Phi) is 6.65. The Hall–Kier alpha value is -3.48. The van der Waals surface area contributed by atoms with Gasteiger partial charge in [0.1, 0.15) is 11.4 Å². The molecule has 0 fully saturated rings. The van der Waals surface area contributed by atoms with Gasteiger partial charge in [0.2, 0.25) is 0 Å². The first-order valence-corrected chi connectivity index (χ1v) is 13.3. The van der Waals surface area contributed by atoms with Gasteiger partial charge in [-0.3, -0.25) is 9.48 Å². The average molecular weight is 500 g/mol. The number of nitrogens with one attached hydrogen (secondary N) is 1. The number of carbonyl (C=O) groups is 1. The number of carbonyl (C=O) groups excluding carboxylic acids is 1. The first kappa shape index (κ1) is 25.2. The zero-order valence-corrected chi connectivity index (χ0v) is 22.8. The monoisotopic (exact) mass is 499 g/mol. The second-order valence-electron chi connectivity index (χ2n) is 11.5. The van der Waals surface area contributed by atoms with Crippen LogP contribution in [0.4, 0.5) is 0 Å². The predicted octanol–water partition coefficient (Wildman–Crippen LogP) is 6.92. The van der Waals surface area contributed by atoms with Crippen LogP contribution in [0.2, 0.25) is 0 Å². The lowest BCUT2D eigenvalue weighted by Gasteiger charge is -2.23. The van der Waals surface area contributed by atoms with Crippen LogP contribution < -0.4 is 0 Å². The van der Waals surface area contributed by atoms with Gasteiger partial charge >= 0.3 is 5.97 Å². The fraction of sp³-hybridized carbons (Fsp3) is 0.467. The second kappa shape index (κ2) is 9.77. The molecule has 0 radical (unpaired) electrons. The van der Waals surface area contributed by atoms with Gasteiger partial charge < -0.3 is 9.72 Å². The lowest BCUT2D eigenvalue weighted by Crippen LogP contribution is -2.25. The largest absolute Gasteiger partial charge is 0.460 e. The minimum Gasteiger partial charge on any atom is -0.460 e. The van der Waals surface area contributed by atoms with Gasteiger partial charge in [0.25, 0.3) is 0 Å². The van der Waals surface area contributed by atoms with Crippen molar-refractivity contribution in [2.45, 2.75) is 91.2 Å². The first-order chi connectivity index (χ1) is 17.6. The lowest BCUT2D eigenvalue weighted by atomic mass is 9.88. The van der Waals surface area contributed by atoms with Crippen LogP contribution in [0.25, 0.3) is 33.7 Å². The normalized spacial score (nSPS) is 16.1. The molecule has 0 spiro atoms. The van der Waals surface area contributed by atoms with Gasteiger partial charge in [0.15, 0.2) is 5.65 Å². The number of benzene rings is 1. The number of aryl methyl sites for hydroxylation is 1. The summed E-state index contributed by atoms with van der Waals surface area (Å²) in [6, 6.07) is 9.01. The van der Waals surface area contributed by atoms with Crippen LogP contribution in [-0.4, -0.2) is 36.3 Å². The van der Waals surface area contributed by atoms with Crippen LogP contribution in [-0.2, 0) is 16.0 Å². The third-order valence-electron chi connectivity index (χ3n) is 7.16. The number of nitrogens with zero attached hydrogens (tertiary/aromatic N) is 4. The number of esters is 1. The zero-order chi connectivity index (χ0) is 26.3. The van der Waals surface area contributed by atoms with Gasteiger partial charge in [-0.2, -0.15) is 5.10 Å². The minimum absolute atomic E-state index is 0.119. The average Bonchev–Trinajstić information content (AvgIpc) is 3.37. The van der Waals surface area contributed by atoms with Crippen LogP contribution in [0, 0.1) is 6.92 Å². The summed E-state index contributed by atoms with van der Waals surface area (Å²) in [5, 5.41) is 4.55. The summed E-state index contributed by atoms with van der Waals surface area (Å²) in [5.41, 5.74) is 8.04. The summed E-state index contributed by atoms with van der Waals surface area (Å²) in [7, 11) is 0. The SMILES string of the molecule is Cc1c(-c2nc3nccc(-c4ccc5c(c4)CCCCC5CC(=O)OC(C)(C)C)c3[nH]2)cnn1C(C)C. The smallest absolute Gasteiger partial charge is 0.306 e. The van der Waals surface area contributed by atoms with Gasteiger partial charge in [0, 0.05) is 23.5 Å². The van der Waals surface area contributed by atoms with E-state index < -0.39 is 5.60 Å².